The van der Waals surface area contributed by atoms with Crippen LogP contribution < -0.4 is 0 Å². The lowest BCUT2D eigenvalue weighted by molar-refractivity contribution is 0.605. The summed E-state index contributed by atoms with van der Waals surface area (Å²) in [5.41, 5.74) is 0. The van der Waals surface area contributed by atoms with Gasteiger partial charge in [-0.05, 0) is 35.8 Å². The predicted octanol–water partition coefficient (Wildman–Crippen LogP) is 3.44. The molecule has 0 spiro atoms. The van der Waals surface area contributed by atoms with Crippen LogP contribution in [0.2, 0.25) is 0 Å². The first-order chi connectivity index (χ1) is 4.88. The third-order valence-electron chi connectivity index (χ3n) is 2.07. The van der Waals surface area contributed by atoms with Crippen molar-refractivity contribution in [1.29, 1.82) is 0 Å². The molecular formula is C9H16S. The van der Waals surface area contributed by atoms with Gasteiger partial charge in [0.1, 0.15) is 0 Å². The maximum absolute atomic E-state index is 2.42. The molecule has 0 nitrogen and oxygen atoms in total. The summed E-state index contributed by atoms with van der Waals surface area (Å²) in [5.74, 6) is 2.15. The zero-order valence-electron chi connectivity index (χ0n) is 6.89. The quantitative estimate of drug-likeness (QED) is 0.603. The van der Waals surface area contributed by atoms with Crippen molar-refractivity contribution in [2.75, 3.05) is 5.75 Å². The summed E-state index contributed by atoms with van der Waals surface area (Å²) in [7, 11) is 0. The van der Waals surface area contributed by atoms with Gasteiger partial charge in [0.2, 0.25) is 0 Å². The van der Waals surface area contributed by atoms with E-state index in [4.69, 9.17) is 0 Å². The van der Waals surface area contributed by atoms with Crippen LogP contribution >= 0.6 is 11.8 Å². The first kappa shape index (κ1) is 8.19. The number of rotatable bonds is 3. The molecule has 1 aliphatic rings. The molecule has 1 heteroatoms. The highest BCUT2D eigenvalue weighted by atomic mass is 32.2. The summed E-state index contributed by atoms with van der Waals surface area (Å²) in [6.45, 7) is 4.52. The Hall–Kier alpha value is 0.0900. The van der Waals surface area contributed by atoms with Gasteiger partial charge in [0.15, 0.2) is 0 Å². The smallest absolute Gasteiger partial charge is 0.00517 e. The van der Waals surface area contributed by atoms with Crippen LogP contribution in [-0.2, 0) is 0 Å². The van der Waals surface area contributed by atoms with Crippen LogP contribution in [0.1, 0.15) is 33.1 Å². The minimum absolute atomic E-state index is 0.907. The van der Waals surface area contributed by atoms with E-state index in [0.717, 1.165) is 5.92 Å². The Kier molecular flexibility index (Phi) is 3.33. The number of allylic oxidation sites excluding steroid dienone is 2. The molecule has 0 saturated carbocycles. The topological polar surface area (TPSA) is 0 Å². The van der Waals surface area contributed by atoms with Crippen molar-refractivity contribution in [1.82, 2.24) is 0 Å². The molecular weight excluding hydrogens is 140 g/mol. The van der Waals surface area contributed by atoms with E-state index in [9.17, 15) is 0 Å². The summed E-state index contributed by atoms with van der Waals surface area (Å²) in [6.07, 6.45) is 6.47. The lowest BCUT2D eigenvalue weighted by Crippen LogP contribution is -1.93. The highest BCUT2D eigenvalue weighted by Gasteiger charge is 2.16. The fourth-order valence-electron chi connectivity index (χ4n) is 1.48. The fraction of sp³-hybridized carbons (Fsp3) is 0.778. The Labute approximate surface area is 68.1 Å². The first-order valence-corrected chi connectivity index (χ1v) is 5.19. The van der Waals surface area contributed by atoms with E-state index < -0.39 is 0 Å². The van der Waals surface area contributed by atoms with Gasteiger partial charge in [-0.25, -0.2) is 0 Å². The molecule has 0 aliphatic heterocycles. The zero-order chi connectivity index (χ0) is 7.40. The molecule has 58 valence electrons. The Balaban J connectivity index is 2.40. The second kappa shape index (κ2) is 4.07. The number of hydrogen-bond acceptors (Lipinski definition) is 1. The third-order valence-corrected chi connectivity index (χ3v) is 3.19. The molecule has 1 aliphatic carbocycles. The van der Waals surface area contributed by atoms with Gasteiger partial charge in [-0.3, -0.25) is 0 Å². The van der Waals surface area contributed by atoms with Crippen molar-refractivity contribution in [2.45, 2.75) is 33.1 Å². The van der Waals surface area contributed by atoms with E-state index in [1.54, 1.807) is 4.91 Å². The summed E-state index contributed by atoms with van der Waals surface area (Å²) in [5, 5.41) is 0. The van der Waals surface area contributed by atoms with Crippen molar-refractivity contribution in [2.24, 2.45) is 5.92 Å². The molecule has 0 aromatic rings. The second-order valence-electron chi connectivity index (χ2n) is 2.72. The van der Waals surface area contributed by atoms with Crippen LogP contribution in [0.25, 0.3) is 0 Å². The lowest BCUT2D eigenvalue weighted by atomic mass is 10.1. The van der Waals surface area contributed by atoms with Crippen molar-refractivity contribution in [3.05, 3.63) is 11.0 Å². The maximum Gasteiger partial charge on any atom is -0.00517 e. The summed E-state index contributed by atoms with van der Waals surface area (Å²) in [6, 6.07) is 0. The molecule has 0 aromatic heterocycles. The van der Waals surface area contributed by atoms with Crippen molar-refractivity contribution in [3.8, 4) is 0 Å². The number of thioether (sulfide) groups is 1. The molecule has 0 heterocycles. The molecule has 0 fully saturated rings. The standard InChI is InChI=1S/C9H16S/c1-3-8-6-5-7-9(8)10-4-2/h7-8H,3-6H2,1-2H3. The summed E-state index contributed by atoms with van der Waals surface area (Å²) < 4.78 is 0. The molecule has 10 heavy (non-hydrogen) atoms. The zero-order valence-corrected chi connectivity index (χ0v) is 7.71. The summed E-state index contributed by atoms with van der Waals surface area (Å²) in [4.78, 5) is 1.66. The predicted molar refractivity (Wildman–Crippen MR) is 49.2 cm³/mol. The van der Waals surface area contributed by atoms with E-state index in [1.165, 1.54) is 25.0 Å². The average molecular weight is 156 g/mol. The highest BCUT2D eigenvalue weighted by molar-refractivity contribution is 8.03. The molecule has 0 amide bonds. The molecule has 0 saturated heterocycles. The fourth-order valence-corrected chi connectivity index (χ4v) is 2.57. The van der Waals surface area contributed by atoms with E-state index in [0.29, 0.717) is 0 Å². The minimum atomic E-state index is 0.907. The van der Waals surface area contributed by atoms with Crippen molar-refractivity contribution in [3.63, 3.8) is 0 Å². The van der Waals surface area contributed by atoms with Gasteiger partial charge >= 0.3 is 0 Å². The van der Waals surface area contributed by atoms with E-state index in [2.05, 4.69) is 19.9 Å². The van der Waals surface area contributed by atoms with Gasteiger partial charge in [-0.15, -0.1) is 11.8 Å². The van der Waals surface area contributed by atoms with Crippen LogP contribution in [0.15, 0.2) is 11.0 Å². The molecule has 0 aromatic carbocycles. The SMILES string of the molecule is CCSC1=CCCC1CC. The highest BCUT2D eigenvalue weighted by Crippen LogP contribution is 2.35. The largest absolute Gasteiger partial charge is 0.131 e. The Bertz CT molecular complexity index is 127. The number of hydrogen-bond donors (Lipinski definition) is 0. The van der Waals surface area contributed by atoms with Crippen LogP contribution in [0.4, 0.5) is 0 Å². The minimum Gasteiger partial charge on any atom is -0.131 e. The Morgan fingerprint density at radius 1 is 1.60 bits per heavy atom. The lowest BCUT2D eigenvalue weighted by Gasteiger charge is -2.09. The maximum atomic E-state index is 2.42. The molecule has 0 N–H and O–H groups in total. The molecule has 1 atom stereocenters. The van der Waals surface area contributed by atoms with E-state index in [-0.39, 0.29) is 0 Å². The average Bonchev–Trinajstić information content (AvgIpc) is 2.36. The first-order valence-electron chi connectivity index (χ1n) is 4.21. The van der Waals surface area contributed by atoms with Gasteiger partial charge in [-0.1, -0.05) is 19.9 Å². The normalized spacial score (nSPS) is 25.0. The van der Waals surface area contributed by atoms with E-state index in [1.807, 2.05) is 11.8 Å². The van der Waals surface area contributed by atoms with Gasteiger partial charge in [-0.2, -0.15) is 0 Å². The third kappa shape index (κ3) is 1.79. The molecule has 1 unspecified atom stereocenters. The van der Waals surface area contributed by atoms with Gasteiger partial charge in [0.05, 0.1) is 0 Å². The van der Waals surface area contributed by atoms with Gasteiger partial charge < -0.3 is 0 Å². The van der Waals surface area contributed by atoms with Gasteiger partial charge in [0, 0.05) is 0 Å². The van der Waals surface area contributed by atoms with Gasteiger partial charge in [0.25, 0.3) is 0 Å². The van der Waals surface area contributed by atoms with Crippen molar-refractivity contribution < 1.29 is 0 Å². The molecule has 0 bridgehead atoms. The molecule has 1 rings (SSSR count). The second-order valence-corrected chi connectivity index (χ2v) is 4.06. The van der Waals surface area contributed by atoms with Crippen LogP contribution in [0, 0.1) is 5.92 Å². The van der Waals surface area contributed by atoms with Crippen LogP contribution in [0.3, 0.4) is 0 Å². The van der Waals surface area contributed by atoms with Crippen molar-refractivity contribution >= 4 is 11.8 Å². The van der Waals surface area contributed by atoms with Crippen LogP contribution in [0.5, 0.6) is 0 Å². The monoisotopic (exact) mass is 156 g/mol. The molecule has 0 radical (unpaired) electrons. The van der Waals surface area contributed by atoms with E-state index >= 15 is 0 Å². The Morgan fingerprint density at radius 2 is 2.40 bits per heavy atom. The summed E-state index contributed by atoms with van der Waals surface area (Å²) >= 11 is 2.03. The van der Waals surface area contributed by atoms with Crippen LogP contribution in [-0.4, -0.2) is 5.75 Å². The Morgan fingerprint density at radius 3 is 3.00 bits per heavy atom.